The Kier molecular flexibility index (Phi) is 3.41. The topological polar surface area (TPSA) is 71.2 Å². The highest BCUT2D eigenvalue weighted by Gasteiger charge is 2.43. The predicted octanol–water partition coefficient (Wildman–Crippen LogP) is 2.38. The number of rotatable bonds is 3. The van der Waals surface area contributed by atoms with E-state index in [-0.39, 0.29) is 11.9 Å². The maximum Gasteiger partial charge on any atom is 0.331 e. The van der Waals surface area contributed by atoms with E-state index in [1.165, 1.54) is 7.11 Å². The van der Waals surface area contributed by atoms with Crippen LogP contribution in [-0.4, -0.2) is 29.5 Å². The van der Waals surface area contributed by atoms with Crippen molar-refractivity contribution in [2.45, 2.75) is 31.2 Å². The van der Waals surface area contributed by atoms with Crippen molar-refractivity contribution in [3.63, 3.8) is 0 Å². The van der Waals surface area contributed by atoms with Gasteiger partial charge in [-0.2, -0.15) is 0 Å². The molecule has 5 heteroatoms. The Bertz CT molecular complexity index is 684. The Morgan fingerprint density at radius 1 is 1.24 bits per heavy atom. The van der Waals surface area contributed by atoms with E-state index in [0.29, 0.717) is 18.4 Å². The van der Waals surface area contributed by atoms with Crippen LogP contribution in [0.1, 0.15) is 36.0 Å². The lowest BCUT2D eigenvalue weighted by atomic mass is 9.97. The number of esters is 1. The zero-order valence-electron chi connectivity index (χ0n) is 11.9. The highest BCUT2D eigenvalue weighted by atomic mass is 16.5. The van der Waals surface area contributed by atoms with Gasteiger partial charge in [-0.15, -0.1) is 0 Å². The largest absolute Gasteiger partial charge is 0.467 e. The fraction of sp³-hybridized carbons (Fsp3) is 0.375. The lowest BCUT2D eigenvalue weighted by Crippen LogP contribution is -2.53. The van der Waals surface area contributed by atoms with Crippen molar-refractivity contribution in [2.75, 3.05) is 7.11 Å². The summed E-state index contributed by atoms with van der Waals surface area (Å²) < 4.78 is 4.89. The van der Waals surface area contributed by atoms with Gasteiger partial charge in [0.05, 0.1) is 18.2 Å². The van der Waals surface area contributed by atoms with Crippen molar-refractivity contribution in [3.8, 4) is 0 Å². The monoisotopic (exact) mass is 286 g/mol. The van der Waals surface area contributed by atoms with Crippen LogP contribution < -0.4 is 5.32 Å². The fourth-order valence-corrected chi connectivity index (χ4v) is 3.11. The van der Waals surface area contributed by atoms with Gasteiger partial charge in [-0.05, 0) is 25.0 Å². The van der Waals surface area contributed by atoms with Crippen molar-refractivity contribution in [3.05, 3.63) is 36.0 Å². The summed E-state index contributed by atoms with van der Waals surface area (Å²) in [5, 5.41) is 3.88. The number of ether oxygens (including phenoxy) is 1. The molecule has 1 fully saturated rings. The summed E-state index contributed by atoms with van der Waals surface area (Å²) in [6, 6.07) is 7.45. The molecule has 3 rings (SSSR count). The highest BCUT2D eigenvalue weighted by molar-refractivity contribution is 6.07. The molecule has 0 unspecified atom stereocenters. The zero-order valence-corrected chi connectivity index (χ0v) is 11.9. The van der Waals surface area contributed by atoms with Crippen LogP contribution in [0.2, 0.25) is 0 Å². The molecule has 2 N–H and O–H groups in total. The third kappa shape index (κ3) is 2.28. The third-order valence-corrected chi connectivity index (χ3v) is 4.22. The van der Waals surface area contributed by atoms with Gasteiger partial charge in [0.25, 0.3) is 5.91 Å². The lowest BCUT2D eigenvalue weighted by molar-refractivity contribution is -0.148. The summed E-state index contributed by atoms with van der Waals surface area (Å²) in [4.78, 5) is 27.7. The third-order valence-electron chi connectivity index (χ3n) is 4.22. The molecule has 0 radical (unpaired) electrons. The molecule has 0 spiro atoms. The first kappa shape index (κ1) is 13.7. The molecule has 1 aromatic carbocycles. The molecule has 110 valence electrons. The van der Waals surface area contributed by atoms with Gasteiger partial charge < -0.3 is 15.0 Å². The van der Waals surface area contributed by atoms with Crippen LogP contribution in [0.5, 0.6) is 0 Å². The Hall–Kier alpha value is -2.30. The maximum atomic E-state index is 12.6. The minimum absolute atomic E-state index is 0.240. The molecule has 5 nitrogen and oxygen atoms in total. The standard InChI is InChI=1S/C16H18N2O3/c1-21-15(20)16(8-2-3-9-16)18-14(19)12-6-4-5-11-7-10-17-13(11)12/h4-7,10,17H,2-3,8-9H2,1H3,(H,18,19). The molecule has 0 saturated heterocycles. The van der Waals surface area contributed by atoms with Crippen LogP contribution in [0.3, 0.4) is 0 Å². The van der Waals surface area contributed by atoms with Crippen LogP contribution in [0.25, 0.3) is 10.9 Å². The van der Waals surface area contributed by atoms with Crippen LogP contribution >= 0.6 is 0 Å². The van der Waals surface area contributed by atoms with E-state index >= 15 is 0 Å². The highest BCUT2D eigenvalue weighted by Crippen LogP contribution is 2.31. The van der Waals surface area contributed by atoms with Gasteiger partial charge in [-0.3, -0.25) is 4.79 Å². The van der Waals surface area contributed by atoms with Crippen LogP contribution in [0.4, 0.5) is 0 Å². The van der Waals surface area contributed by atoms with E-state index in [9.17, 15) is 9.59 Å². The average Bonchev–Trinajstić information content (AvgIpc) is 3.15. The Morgan fingerprint density at radius 2 is 2.00 bits per heavy atom. The number of aromatic nitrogens is 1. The molecular weight excluding hydrogens is 268 g/mol. The molecule has 0 aliphatic heterocycles. The van der Waals surface area contributed by atoms with E-state index < -0.39 is 5.54 Å². The number of amides is 1. The van der Waals surface area contributed by atoms with Crippen molar-refractivity contribution in [1.29, 1.82) is 0 Å². The zero-order chi connectivity index (χ0) is 14.9. The van der Waals surface area contributed by atoms with E-state index in [0.717, 1.165) is 23.7 Å². The first-order chi connectivity index (χ1) is 10.2. The van der Waals surface area contributed by atoms with Crippen LogP contribution in [-0.2, 0) is 9.53 Å². The molecule has 1 aromatic heterocycles. The molecule has 1 heterocycles. The lowest BCUT2D eigenvalue weighted by Gasteiger charge is -2.27. The number of carbonyl (C=O) groups excluding carboxylic acids is 2. The first-order valence-corrected chi connectivity index (χ1v) is 7.13. The van der Waals surface area contributed by atoms with Crippen molar-refractivity contribution in [1.82, 2.24) is 10.3 Å². The van der Waals surface area contributed by atoms with Crippen molar-refractivity contribution < 1.29 is 14.3 Å². The molecular formula is C16H18N2O3. The average molecular weight is 286 g/mol. The number of hydrogen-bond donors (Lipinski definition) is 2. The Balaban J connectivity index is 1.91. The van der Waals surface area contributed by atoms with Gasteiger partial charge in [-0.25, -0.2) is 4.79 Å². The van der Waals surface area contributed by atoms with E-state index in [1.807, 2.05) is 18.2 Å². The minimum Gasteiger partial charge on any atom is -0.467 e. The van der Waals surface area contributed by atoms with Gasteiger partial charge in [0.1, 0.15) is 5.54 Å². The molecule has 21 heavy (non-hydrogen) atoms. The number of H-pyrrole nitrogens is 1. The second-order valence-electron chi connectivity index (χ2n) is 5.48. The number of fused-ring (bicyclic) bond motifs is 1. The van der Waals surface area contributed by atoms with Gasteiger partial charge >= 0.3 is 5.97 Å². The molecule has 2 aromatic rings. The number of benzene rings is 1. The molecule has 1 aliphatic carbocycles. The fourth-order valence-electron chi connectivity index (χ4n) is 3.11. The predicted molar refractivity (Wildman–Crippen MR) is 79.0 cm³/mol. The summed E-state index contributed by atoms with van der Waals surface area (Å²) in [6.45, 7) is 0. The van der Waals surface area contributed by atoms with E-state index in [2.05, 4.69) is 10.3 Å². The second-order valence-corrected chi connectivity index (χ2v) is 5.48. The van der Waals surface area contributed by atoms with E-state index in [4.69, 9.17) is 4.74 Å². The van der Waals surface area contributed by atoms with Crippen molar-refractivity contribution in [2.24, 2.45) is 0 Å². The first-order valence-electron chi connectivity index (χ1n) is 7.13. The normalized spacial score (nSPS) is 16.8. The Morgan fingerprint density at radius 3 is 2.71 bits per heavy atom. The SMILES string of the molecule is COC(=O)C1(NC(=O)c2cccc3cc[nH]c23)CCCC1. The number of para-hydroxylation sites is 1. The number of hydrogen-bond acceptors (Lipinski definition) is 3. The van der Waals surface area contributed by atoms with Gasteiger partial charge in [0, 0.05) is 11.6 Å². The quantitative estimate of drug-likeness (QED) is 0.851. The second kappa shape index (κ2) is 5.24. The number of methoxy groups -OCH3 is 1. The summed E-state index contributed by atoms with van der Waals surface area (Å²) in [5.41, 5.74) is 0.460. The minimum atomic E-state index is -0.874. The molecule has 1 amide bonds. The number of nitrogens with one attached hydrogen (secondary N) is 2. The number of carbonyl (C=O) groups is 2. The molecule has 0 atom stereocenters. The van der Waals surface area contributed by atoms with Crippen LogP contribution in [0, 0.1) is 0 Å². The Labute approximate surface area is 122 Å². The van der Waals surface area contributed by atoms with Gasteiger partial charge in [0.2, 0.25) is 0 Å². The summed E-state index contributed by atoms with van der Waals surface area (Å²) >= 11 is 0. The van der Waals surface area contributed by atoms with Gasteiger partial charge in [0.15, 0.2) is 0 Å². The summed E-state index contributed by atoms with van der Waals surface area (Å²) in [6.07, 6.45) is 4.90. The van der Waals surface area contributed by atoms with E-state index in [1.54, 1.807) is 12.3 Å². The van der Waals surface area contributed by atoms with Gasteiger partial charge in [-0.1, -0.05) is 25.0 Å². The molecule has 0 bridgehead atoms. The van der Waals surface area contributed by atoms with Crippen LogP contribution in [0.15, 0.2) is 30.5 Å². The smallest absolute Gasteiger partial charge is 0.331 e. The van der Waals surface area contributed by atoms with Crippen molar-refractivity contribution >= 4 is 22.8 Å². The molecule has 1 aliphatic rings. The number of aromatic amines is 1. The molecule has 1 saturated carbocycles. The summed E-state index contributed by atoms with van der Waals surface area (Å²) in [5.74, 6) is -0.595. The summed E-state index contributed by atoms with van der Waals surface area (Å²) in [7, 11) is 1.36. The maximum absolute atomic E-state index is 12.6.